The summed E-state index contributed by atoms with van der Waals surface area (Å²) in [6.07, 6.45) is 1.35. The van der Waals surface area contributed by atoms with Crippen LogP contribution >= 0.6 is 0 Å². The first-order valence-corrected chi connectivity index (χ1v) is 6.92. The van der Waals surface area contributed by atoms with Gasteiger partial charge in [-0.3, -0.25) is 0 Å². The minimum Gasteiger partial charge on any atom is -0.467 e. The van der Waals surface area contributed by atoms with Gasteiger partial charge >= 0.3 is 5.97 Å². The quantitative estimate of drug-likeness (QED) is 0.465. The number of halogens is 1. The Morgan fingerprint density at radius 3 is 2.52 bits per heavy atom. The van der Waals surface area contributed by atoms with E-state index in [9.17, 15) is 9.18 Å². The molecule has 0 aliphatic rings. The Balaban J connectivity index is 2.56. The van der Waals surface area contributed by atoms with E-state index in [-0.39, 0.29) is 12.5 Å². The van der Waals surface area contributed by atoms with Crippen LogP contribution in [0.15, 0.2) is 54.6 Å². The summed E-state index contributed by atoms with van der Waals surface area (Å²) >= 11 is 0. The monoisotopic (exact) mass is 316 g/mol. The van der Waals surface area contributed by atoms with Crippen molar-refractivity contribution in [3.8, 4) is 5.75 Å². The van der Waals surface area contributed by atoms with E-state index in [1.807, 2.05) is 30.3 Å². The Bertz CT molecular complexity index is 695. The summed E-state index contributed by atoms with van der Waals surface area (Å²) in [6.45, 7) is -0.0310. The van der Waals surface area contributed by atoms with Crippen LogP contribution in [0.25, 0.3) is 5.57 Å². The summed E-state index contributed by atoms with van der Waals surface area (Å²) in [4.78, 5) is 11.7. The molecule has 0 N–H and O–H groups in total. The molecule has 0 aliphatic heterocycles. The molecule has 0 heterocycles. The molecule has 0 fully saturated rings. The van der Waals surface area contributed by atoms with Crippen LogP contribution in [0.4, 0.5) is 4.39 Å². The lowest BCUT2D eigenvalue weighted by Gasteiger charge is -2.14. The van der Waals surface area contributed by atoms with Crippen LogP contribution in [0.3, 0.4) is 0 Å². The van der Waals surface area contributed by atoms with Crippen molar-refractivity contribution in [1.82, 2.24) is 0 Å². The molecule has 0 bridgehead atoms. The molecule has 0 unspecified atom stereocenters. The van der Waals surface area contributed by atoms with Gasteiger partial charge in [0.1, 0.15) is 11.6 Å². The minimum atomic E-state index is -0.508. The second kappa shape index (κ2) is 8.10. The lowest BCUT2D eigenvalue weighted by atomic mass is 9.96. The minimum absolute atomic E-state index is 0.0310. The van der Waals surface area contributed by atoms with Crippen LogP contribution in [0.5, 0.6) is 5.75 Å². The first-order chi connectivity index (χ1) is 11.2. The fraction of sp³-hybridized carbons (Fsp3) is 0.167. The van der Waals surface area contributed by atoms with E-state index in [1.165, 1.54) is 32.4 Å². The second-order valence-corrected chi connectivity index (χ2v) is 4.64. The molecule has 0 spiro atoms. The van der Waals surface area contributed by atoms with E-state index in [0.717, 1.165) is 5.56 Å². The van der Waals surface area contributed by atoms with Gasteiger partial charge in [-0.05, 0) is 23.3 Å². The maximum Gasteiger partial charge on any atom is 0.331 e. The summed E-state index contributed by atoms with van der Waals surface area (Å²) in [7, 11) is 2.77. The van der Waals surface area contributed by atoms with Gasteiger partial charge in [-0.2, -0.15) is 0 Å². The number of ether oxygens (including phenoxy) is 3. The summed E-state index contributed by atoms with van der Waals surface area (Å²) in [6, 6.07) is 13.4. The molecule has 2 aromatic carbocycles. The molecule has 0 radical (unpaired) electrons. The molecular weight excluding hydrogens is 299 g/mol. The SMILES string of the molecule is COCOc1cc(F)ccc1/C(=C/C(=O)OC)c1ccccc1. The van der Waals surface area contributed by atoms with Gasteiger partial charge < -0.3 is 14.2 Å². The average Bonchev–Trinajstić information content (AvgIpc) is 2.59. The number of benzene rings is 2. The molecular formula is C18H17FO4. The number of hydrogen-bond donors (Lipinski definition) is 0. The molecule has 4 nitrogen and oxygen atoms in total. The van der Waals surface area contributed by atoms with Gasteiger partial charge in [-0.15, -0.1) is 0 Å². The number of rotatable bonds is 6. The summed E-state index contributed by atoms with van der Waals surface area (Å²) in [5.41, 5.74) is 1.93. The molecule has 120 valence electrons. The topological polar surface area (TPSA) is 44.8 Å². The molecule has 0 aliphatic carbocycles. The molecule has 0 amide bonds. The molecule has 0 saturated carbocycles. The van der Waals surface area contributed by atoms with Crippen molar-refractivity contribution in [2.75, 3.05) is 21.0 Å². The van der Waals surface area contributed by atoms with E-state index in [2.05, 4.69) is 0 Å². The van der Waals surface area contributed by atoms with Crippen molar-refractivity contribution in [2.45, 2.75) is 0 Å². The van der Waals surface area contributed by atoms with Crippen LogP contribution in [0, 0.1) is 5.82 Å². The van der Waals surface area contributed by atoms with E-state index < -0.39 is 11.8 Å². The zero-order valence-corrected chi connectivity index (χ0v) is 12.9. The molecule has 2 rings (SSSR count). The van der Waals surface area contributed by atoms with Crippen molar-refractivity contribution >= 4 is 11.5 Å². The second-order valence-electron chi connectivity index (χ2n) is 4.64. The normalized spacial score (nSPS) is 11.2. The lowest BCUT2D eigenvalue weighted by Crippen LogP contribution is -2.04. The predicted octanol–water partition coefficient (Wildman–Crippen LogP) is 3.41. The molecule has 2 aromatic rings. The van der Waals surface area contributed by atoms with Crippen molar-refractivity contribution in [1.29, 1.82) is 0 Å². The van der Waals surface area contributed by atoms with Gasteiger partial charge in [0.25, 0.3) is 0 Å². The predicted molar refractivity (Wildman–Crippen MR) is 84.4 cm³/mol. The highest BCUT2D eigenvalue weighted by atomic mass is 19.1. The molecule has 23 heavy (non-hydrogen) atoms. The fourth-order valence-electron chi connectivity index (χ4n) is 2.07. The average molecular weight is 316 g/mol. The largest absolute Gasteiger partial charge is 0.467 e. The number of methoxy groups -OCH3 is 2. The number of hydrogen-bond acceptors (Lipinski definition) is 4. The van der Waals surface area contributed by atoms with Gasteiger partial charge in [-0.1, -0.05) is 30.3 Å². The third kappa shape index (κ3) is 4.40. The van der Waals surface area contributed by atoms with Crippen LogP contribution in [-0.4, -0.2) is 27.0 Å². The molecule has 0 saturated heterocycles. The Kier molecular flexibility index (Phi) is 5.88. The summed E-state index contributed by atoms with van der Waals surface area (Å²) in [5.74, 6) is -0.665. The maximum absolute atomic E-state index is 13.5. The number of carbonyl (C=O) groups excluding carboxylic acids is 1. The number of carbonyl (C=O) groups is 1. The third-order valence-corrected chi connectivity index (χ3v) is 3.11. The molecule has 0 atom stereocenters. The van der Waals surface area contributed by atoms with E-state index in [4.69, 9.17) is 14.2 Å². The first kappa shape index (κ1) is 16.7. The summed E-state index contributed by atoms with van der Waals surface area (Å²) in [5, 5.41) is 0. The Hall–Kier alpha value is -2.66. The third-order valence-electron chi connectivity index (χ3n) is 3.11. The highest BCUT2D eigenvalue weighted by molar-refractivity contribution is 5.97. The Morgan fingerprint density at radius 1 is 1.13 bits per heavy atom. The standard InChI is InChI=1S/C18H17FO4/c1-21-12-23-17-10-14(19)8-9-15(17)16(11-18(20)22-2)13-6-4-3-5-7-13/h3-11H,12H2,1-2H3/b16-11+. The van der Waals surface area contributed by atoms with Crippen LogP contribution in [-0.2, 0) is 14.3 Å². The zero-order chi connectivity index (χ0) is 16.7. The van der Waals surface area contributed by atoms with E-state index >= 15 is 0 Å². The van der Waals surface area contributed by atoms with Crippen LogP contribution in [0.2, 0.25) is 0 Å². The van der Waals surface area contributed by atoms with Crippen LogP contribution in [0.1, 0.15) is 11.1 Å². The van der Waals surface area contributed by atoms with Crippen molar-refractivity contribution in [3.63, 3.8) is 0 Å². The van der Waals surface area contributed by atoms with Crippen molar-refractivity contribution < 1.29 is 23.4 Å². The maximum atomic E-state index is 13.5. The van der Waals surface area contributed by atoms with E-state index in [0.29, 0.717) is 11.1 Å². The summed E-state index contributed by atoms with van der Waals surface area (Å²) < 4.78 is 28.6. The first-order valence-electron chi connectivity index (χ1n) is 6.92. The Morgan fingerprint density at radius 2 is 1.87 bits per heavy atom. The van der Waals surface area contributed by atoms with Crippen LogP contribution < -0.4 is 4.74 Å². The molecule has 5 heteroatoms. The lowest BCUT2D eigenvalue weighted by molar-refractivity contribution is -0.134. The van der Waals surface area contributed by atoms with Crippen molar-refractivity contribution in [3.05, 3.63) is 71.6 Å². The molecule has 0 aromatic heterocycles. The van der Waals surface area contributed by atoms with Gasteiger partial charge in [0, 0.05) is 24.8 Å². The van der Waals surface area contributed by atoms with Gasteiger partial charge in [0.2, 0.25) is 0 Å². The zero-order valence-electron chi connectivity index (χ0n) is 12.9. The Labute approximate surface area is 134 Å². The number of esters is 1. The highest BCUT2D eigenvalue weighted by Crippen LogP contribution is 2.32. The van der Waals surface area contributed by atoms with Gasteiger partial charge in [-0.25, -0.2) is 9.18 Å². The van der Waals surface area contributed by atoms with Gasteiger partial charge in [0.15, 0.2) is 6.79 Å². The smallest absolute Gasteiger partial charge is 0.331 e. The van der Waals surface area contributed by atoms with Gasteiger partial charge in [0.05, 0.1) is 7.11 Å². The fourth-order valence-corrected chi connectivity index (χ4v) is 2.07. The van der Waals surface area contributed by atoms with Crippen molar-refractivity contribution in [2.24, 2.45) is 0 Å². The van der Waals surface area contributed by atoms with E-state index in [1.54, 1.807) is 6.07 Å². The highest BCUT2D eigenvalue weighted by Gasteiger charge is 2.14.